The van der Waals surface area contributed by atoms with Crippen LogP contribution in [0.5, 0.6) is 0 Å². The van der Waals surface area contributed by atoms with E-state index in [0.29, 0.717) is 17.8 Å². The van der Waals surface area contributed by atoms with Crippen molar-refractivity contribution >= 4 is 27.5 Å². The van der Waals surface area contributed by atoms with Crippen LogP contribution in [0.3, 0.4) is 0 Å². The molecule has 0 unspecified atom stereocenters. The van der Waals surface area contributed by atoms with Crippen molar-refractivity contribution in [2.24, 2.45) is 0 Å². The monoisotopic (exact) mass is 413 g/mol. The molecular formula is C19H19N5O4S. The Labute approximate surface area is 168 Å². The lowest BCUT2D eigenvalue weighted by Crippen LogP contribution is -2.17. The molecule has 1 aromatic carbocycles. The van der Waals surface area contributed by atoms with Crippen LogP contribution in [0.4, 0.5) is 11.5 Å². The van der Waals surface area contributed by atoms with E-state index in [-0.39, 0.29) is 18.1 Å². The molecule has 2 aromatic heterocycles. The number of anilines is 2. The Hall–Kier alpha value is -3.37. The van der Waals surface area contributed by atoms with Gasteiger partial charge in [-0.05, 0) is 24.1 Å². The molecule has 1 amide bonds. The zero-order valence-corrected chi connectivity index (χ0v) is 16.4. The van der Waals surface area contributed by atoms with E-state index >= 15 is 0 Å². The van der Waals surface area contributed by atoms with Crippen molar-refractivity contribution in [1.29, 1.82) is 0 Å². The molecule has 0 atom stereocenters. The van der Waals surface area contributed by atoms with Crippen molar-refractivity contribution in [1.82, 2.24) is 15.0 Å². The Morgan fingerprint density at radius 2 is 1.93 bits per heavy atom. The lowest BCUT2D eigenvalue weighted by Gasteiger charge is -2.09. The zero-order valence-electron chi connectivity index (χ0n) is 15.6. The summed E-state index contributed by atoms with van der Waals surface area (Å²) in [6, 6.07) is 10.7. The number of carbonyl (C=O) groups is 1. The Bertz CT molecular complexity index is 1100. The second kappa shape index (κ2) is 8.76. The van der Waals surface area contributed by atoms with Gasteiger partial charge >= 0.3 is 0 Å². The fraction of sp³-hybridized carbons (Fsp3) is 0.158. The average Bonchev–Trinajstić information content (AvgIpc) is 2.69. The van der Waals surface area contributed by atoms with E-state index in [4.69, 9.17) is 9.92 Å². The minimum Gasteiger partial charge on any atom is -0.382 e. The fourth-order valence-electron chi connectivity index (χ4n) is 2.48. The van der Waals surface area contributed by atoms with Gasteiger partial charge in [0.25, 0.3) is 16.0 Å². The molecule has 0 radical (unpaired) electrons. The summed E-state index contributed by atoms with van der Waals surface area (Å²) in [6.07, 6.45) is 6.05. The molecule has 0 aliphatic heterocycles. The third-order valence-corrected chi connectivity index (χ3v) is 4.47. The summed E-state index contributed by atoms with van der Waals surface area (Å²) in [7, 11) is -3.46. The molecule has 29 heavy (non-hydrogen) atoms. The summed E-state index contributed by atoms with van der Waals surface area (Å²) in [5.41, 5.74) is 8.47. The highest BCUT2D eigenvalue weighted by atomic mass is 32.2. The Balaban J connectivity index is 1.74. The van der Waals surface area contributed by atoms with Gasteiger partial charge in [0.2, 0.25) is 0 Å². The molecule has 9 nitrogen and oxygen atoms in total. The van der Waals surface area contributed by atoms with Crippen molar-refractivity contribution in [3.8, 4) is 11.3 Å². The number of aromatic nitrogens is 3. The third-order valence-electron chi connectivity index (χ3n) is 3.87. The SMILES string of the molecule is CS(=O)(=O)OCCc1ccc(-c2cnc(N)c(C(=O)Nc3cccnc3)n2)cc1. The first-order chi connectivity index (χ1) is 13.8. The molecule has 150 valence electrons. The van der Waals surface area contributed by atoms with Crippen molar-refractivity contribution < 1.29 is 17.4 Å². The number of nitrogen functional groups attached to an aromatic ring is 1. The van der Waals surface area contributed by atoms with E-state index in [1.54, 1.807) is 30.5 Å². The van der Waals surface area contributed by atoms with Gasteiger partial charge in [-0.25, -0.2) is 9.97 Å². The van der Waals surface area contributed by atoms with E-state index in [9.17, 15) is 13.2 Å². The van der Waals surface area contributed by atoms with Crippen molar-refractivity contribution in [3.63, 3.8) is 0 Å². The standard InChI is InChI=1S/C19H19N5O4S/c1-29(26,27)28-10-8-13-4-6-14(7-5-13)16-12-22-18(20)17(24-16)19(25)23-15-3-2-9-21-11-15/h2-7,9,11-12H,8,10H2,1H3,(H2,20,22)(H,23,25). The first-order valence-corrected chi connectivity index (χ1v) is 10.4. The van der Waals surface area contributed by atoms with Gasteiger partial charge in [-0.2, -0.15) is 8.42 Å². The van der Waals surface area contributed by atoms with Crippen LogP contribution in [0.2, 0.25) is 0 Å². The van der Waals surface area contributed by atoms with Crippen molar-refractivity contribution in [2.45, 2.75) is 6.42 Å². The largest absolute Gasteiger partial charge is 0.382 e. The summed E-state index contributed by atoms with van der Waals surface area (Å²) in [4.78, 5) is 24.8. The van der Waals surface area contributed by atoms with E-state index in [0.717, 1.165) is 17.4 Å². The number of nitrogens with zero attached hydrogens (tertiary/aromatic N) is 3. The first-order valence-electron chi connectivity index (χ1n) is 8.59. The van der Waals surface area contributed by atoms with Crippen LogP contribution in [0.15, 0.2) is 55.0 Å². The highest BCUT2D eigenvalue weighted by Crippen LogP contribution is 2.20. The number of hydrogen-bond acceptors (Lipinski definition) is 8. The maximum Gasteiger partial charge on any atom is 0.278 e. The predicted octanol–water partition coefficient (Wildman–Crippen LogP) is 1.89. The maximum atomic E-state index is 12.5. The summed E-state index contributed by atoms with van der Waals surface area (Å²) >= 11 is 0. The molecule has 3 aromatic rings. The number of nitrogens with one attached hydrogen (secondary N) is 1. The Morgan fingerprint density at radius 3 is 2.59 bits per heavy atom. The van der Waals surface area contributed by atoms with Crippen LogP contribution in [0.1, 0.15) is 16.1 Å². The molecule has 0 bridgehead atoms. The molecule has 3 N–H and O–H groups in total. The Kier molecular flexibility index (Phi) is 6.15. The molecule has 10 heteroatoms. The average molecular weight is 413 g/mol. The molecule has 0 saturated heterocycles. The van der Waals surface area contributed by atoms with E-state index in [2.05, 4.69) is 20.3 Å². The van der Waals surface area contributed by atoms with Gasteiger partial charge in [-0.3, -0.25) is 14.0 Å². The highest BCUT2D eigenvalue weighted by Gasteiger charge is 2.15. The molecular weight excluding hydrogens is 394 g/mol. The number of amides is 1. The summed E-state index contributed by atoms with van der Waals surface area (Å²) < 4.78 is 26.8. The third kappa shape index (κ3) is 5.80. The minimum absolute atomic E-state index is 0.0111. The van der Waals surface area contributed by atoms with Crippen LogP contribution < -0.4 is 11.1 Å². The van der Waals surface area contributed by atoms with Crippen LogP contribution in [0, 0.1) is 0 Å². The predicted molar refractivity (Wildman–Crippen MR) is 109 cm³/mol. The fourth-order valence-corrected chi connectivity index (χ4v) is 2.87. The second-order valence-electron chi connectivity index (χ2n) is 6.16. The summed E-state index contributed by atoms with van der Waals surface area (Å²) in [6.45, 7) is 0.0680. The van der Waals surface area contributed by atoms with Crippen molar-refractivity contribution in [3.05, 3.63) is 66.2 Å². The maximum absolute atomic E-state index is 12.5. The molecule has 0 aliphatic carbocycles. The van der Waals surface area contributed by atoms with Crippen molar-refractivity contribution in [2.75, 3.05) is 23.9 Å². The Morgan fingerprint density at radius 1 is 1.17 bits per heavy atom. The summed E-state index contributed by atoms with van der Waals surface area (Å²) in [5, 5.41) is 2.68. The van der Waals surface area contributed by atoms with Gasteiger partial charge < -0.3 is 11.1 Å². The summed E-state index contributed by atoms with van der Waals surface area (Å²) in [5.74, 6) is -0.468. The van der Waals surface area contributed by atoms with E-state index < -0.39 is 16.0 Å². The number of pyridine rings is 1. The minimum atomic E-state index is -3.46. The number of hydrogen-bond donors (Lipinski definition) is 2. The smallest absolute Gasteiger partial charge is 0.278 e. The lowest BCUT2D eigenvalue weighted by atomic mass is 10.1. The molecule has 2 heterocycles. The van der Waals surface area contributed by atoms with Crippen LogP contribution in [-0.4, -0.2) is 42.1 Å². The lowest BCUT2D eigenvalue weighted by molar-refractivity contribution is 0.102. The van der Waals surface area contributed by atoms with Gasteiger partial charge in [-0.1, -0.05) is 24.3 Å². The molecule has 0 fully saturated rings. The van der Waals surface area contributed by atoms with Gasteiger partial charge in [0, 0.05) is 11.8 Å². The van der Waals surface area contributed by atoms with Gasteiger partial charge in [0.05, 0.1) is 36.6 Å². The number of benzene rings is 1. The molecule has 0 aliphatic rings. The van der Waals surface area contributed by atoms with E-state index in [1.165, 1.54) is 12.4 Å². The number of carbonyl (C=O) groups excluding carboxylic acids is 1. The van der Waals surface area contributed by atoms with E-state index in [1.807, 2.05) is 12.1 Å². The second-order valence-corrected chi connectivity index (χ2v) is 7.80. The van der Waals surface area contributed by atoms with Gasteiger partial charge in [0.1, 0.15) is 0 Å². The normalized spacial score (nSPS) is 11.2. The number of nitrogens with two attached hydrogens (primary N) is 1. The van der Waals surface area contributed by atoms with Crippen LogP contribution in [0.25, 0.3) is 11.3 Å². The highest BCUT2D eigenvalue weighted by molar-refractivity contribution is 7.85. The molecule has 3 rings (SSSR count). The molecule has 0 spiro atoms. The quantitative estimate of drug-likeness (QED) is 0.560. The number of rotatable bonds is 7. The van der Waals surface area contributed by atoms with Gasteiger partial charge in [0.15, 0.2) is 11.5 Å². The van der Waals surface area contributed by atoms with Gasteiger partial charge in [-0.15, -0.1) is 0 Å². The first kappa shape index (κ1) is 20.4. The zero-order chi connectivity index (χ0) is 20.9. The van der Waals surface area contributed by atoms with Crippen LogP contribution >= 0.6 is 0 Å². The van der Waals surface area contributed by atoms with Crippen LogP contribution in [-0.2, 0) is 20.7 Å². The topological polar surface area (TPSA) is 137 Å². The molecule has 0 saturated carbocycles.